The van der Waals surface area contributed by atoms with Crippen molar-refractivity contribution in [1.82, 2.24) is 0 Å². The molecule has 0 saturated carbocycles. The zero-order valence-corrected chi connectivity index (χ0v) is 12.6. The standard InChI is InChI=1S/C16H18ClFN2/c1-10-8-16(15(19)9-14(10)18)20(3)11(2)12-4-6-13(17)7-5-12/h4-9,11H,19H2,1-3H3. The predicted molar refractivity (Wildman–Crippen MR) is 83.8 cm³/mol. The Morgan fingerprint density at radius 1 is 1.20 bits per heavy atom. The lowest BCUT2D eigenvalue weighted by atomic mass is 10.1. The van der Waals surface area contributed by atoms with E-state index in [1.54, 1.807) is 13.0 Å². The molecule has 0 fully saturated rings. The Morgan fingerprint density at radius 3 is 2.40 bits per heavy atom. The Balaban J connectivity index is 2.33. The zero-order valence-electron chi connectivity index (χ0n) is 11.8. The van der Waals surface area contributed by atoms with Crippen molar-refractivity contribution >= 4 is 23.0 Å². The fourth-order valence-corrected chi connectivity index (χ4v) is 2.29. The monoisotopic (exact) mass is 292 g/mol. The van der Waals surface area contributed by atoms with Crippen molar-refractivity contribution in [3.05, 3.63) is 58.4 Å². The van der Waals surface area contributed by atoms with Crippen LogP contribution in [0.3, 0.4) is 0 Å². The molecule has 2 aromatic carbocycles. The Bertz CT molecular complexity index is 611. The highest BCUT2D eigenvalue weighted by molar-refractivity contribution is 6.30. The molecule has 106 valence electrons. The van der Waals surface area contributed by atoms with E-state index in [-0.39, 0.29) is 11.9 Å². The van der Waals surface area contributed by atoms with Crippen molar-refractivity contribution in [3.63, 3.8) is 0 Å². The molecule has 2 aromatic rings. The lowest BCUT2D eigenvalue weighted by Gasteiger charge is -2.29. The van der Waals surface area contributed by atoms with Crippen molar-refractivity contribution in [2.24, 2.45) is 0 Å². The smallest absolute Gasteiger partial charge is 0.128 e. The van der Waals surface area contributed by atoms with E-state index in [2.05, 4.69) is 6.92 Å². The van der Waals surface area contributed by atoms with Crippen molar-refractivity contribution in [1.29, 1.82) is 0 Å². The summed E-state index contributed by atoms with van der Waals surface area (Å²) in [6.45, 7) is 3.81. The first kappa shape index (κ1) is 14.7. The molecule has 0 aliphatic heterocycles. The molecule has 2 N–H and O–H groups in total. The molecule has 0 saturated heterocycles. The number of rotatable bonds is 3. The van der Waals surface area contributed by atoms with Gasteiger partial charge in [0.25, 0.3) is 0 Å². The third-order valence-electron chi connectivity index (χ3n) is 3.62. The number of aryl methyl sites for hydroxylation is 1. The molecule has 4 heteroatoms. The maximum atomic E-state index is 13.5. The number of hydrogen-bond donors (Lipinski definition) is 1. The van der Waals surface area contributed by atoms with Gasteiger partial charge in [0.1, 0.15) is 5.82 Å². The number of hydrogen-bond acceptors (Lipinski definition) is 2. The molecule has 0 amide bonds. The summed E-state index contributed by atoms with van der Waals surface area (Å²) in [5.41, 5.74) is 8.91. The van der Waals surface area contributed by atoms with Crippen LogP contribution in [0.15, 0.2) is 36.4 Å². The van der Waals surface area contributed by atoms with Gasteiger partial charge in [0.15, 0.2) is 0 Å². The number of halogens is 2. The number of nitrogen functional groups attached to an aromatic ring is 1. The second-order valence-electron chi connectivity index (χ2n) is 5.00. The van der Waals surface area contributed by atoms with Crippen molar-refractivity contribution < 1.29 is 4.39 Å². The molecule has 0 aromatic heterocycles. The van der Waals surface area contributed by atoms with Gasteiger partial charge < -0.3 is 10.6 Å². The normalized spacial score (nSPS) is 12.2. The van der Waals surface area contributed by atoms with Crippen LogP contribution in [0.4, 0.5) is 15.8 Å². The largest absolute Gasteiger partial charge is 0.397 e. The van der Waals surface area contributed by atoms with Crippen LogP contribution in [0.1, 0.15) is 24.1 Å². The minimum Gasteiger partial charge on any atom is -0.397 e. The summed E-state index contributed by atoms with van der Waals surface area (Å²) >= 11 is 5.90. The Morgan fingerprint density at radius 2 is 1.80 bits per heavy atom. The number of benzene rings is 2. The summed E-state index contributed by atoms with van der Waals surface area (Å²) in [7, 11) is 1.95. The minimum absolute atomic E-state index is 0.111. The minimum atomic E-state index is -0.279. The molecule has 0 heterocycles. The zero-order chi connectivity index (χ0) is 14.9. The van der Waals surface area contributed by atoms with Crippen LogP contribution < -0.4 is 10.6 Å². The van der Waals surface area contributed by atoms with Crippen LogP contribution in [-0.4, -0.2) is 7.05 Å². The van der Waals surface area contributed by atoms with Crippen LogP contribution in [0.2, 0.25) is 5.02 Å². The first-order valence-corrected chi connectivity index (χ1v) is 6.82. The lowest BCUT2D eigenvalue weighted by molar-refractivity contribution is 0.618. The van der Waals surface area contributed by atoms with Crippen molar-refractivity contribution in [3.8, 4) is 0 Å². The summed E-state index contributed by atoms with van der Waals surface area (Å²) in [4.78, 5) is 2.03. The number of nitrogens with zero attached hydrogens (tertiary/aromatic N) is 1. The average molecular weight is 293 g/mol. The van der Waals surface area contributed by atoms with E-state index in [0.29, 0.717) is 16.3 Å². The lowest BCUT2D eigenvalue weighted by Crippen LogP contribution is -2.22. The summed E-state index contributed by atoms with van der Waals surface area (Å²) in [6, 6.07) is 10.9. The predicted octanol–water partition coefficient (Wildman–Crippen LogP) is 4.57. The number of nitrogens with two attached hydrogens (primary N) is 1. The van der Waals surface area contributed by atoms with Crippen LogP contribution in [0.5, 0.6) is 0 Å². The molecular weight excluding hydrogens is 275 g/mol. The second-order valence-corrected chi connectivity index (χ2v) is 5.44. The first-order chi connectivity index (χ1) is 9.40. The van der Waals surface area contributed by atoms with Gasteiger partial charge in [-0.05, 0) is 49.2 Å². The van der Waals surface area contributed by atoms with Gasteiger partial charge in [0.05, 0.1) is 17.4 Å². The molecule has 2 nitrogen and oxygen atoms in total. The maximum absolute atomic E-state index is 13.5. The Kier molecular flexibility index (Phi) is 4.19. The molecule has 0 radical (unpaired) electrons. The quantitative estimate of drug-likeness (QED) is 0.840. The Hall–Kier alpha value is -1.74. The van der Waals surface area contributed by atoms with Gasteiger partial charge in [0, 0.05) is 12.1 Å². The van der Waals surface area contributed by atoms with Crippen molar-refractivity contribution in [2.45, 2.75) is 19.9 Å². The molecule has 0 aliphatic carbocycles. The maximum Gasteiger partial charge on any atom is 0.128 e. The summed E-state index contributed by atoms with van der Waals surface area (Å²) in [5, 5.41) is 0.709. The van der Waals surface area contributed by atoms with E-state index in [0.717, 1.165) is 11.3 Å². The van der Waals surface area contributed by atoms with Crippen LogP contribution in [-0.2, 0) is 0 Å². The first-order valence-electron chi connectivity index (χ1n) is 6.44. The molecule has 0 bridgehead atoms. The van der Waals surface area contributed by atoms with Gasteiger partial charge in [-0.25, -0.2) is 4.39 Å². The van der Waals surface area contributed by atoms with Crippen molar-refractivity contribution in [2.75, 3.05) is 17.7 Å². The highest BCUT2D eigenvalue weighted by Gasteiger charge is 2.16. The fraction of sp³-hybridized carbons (Fsp3) is 0.250. The van der Waals surface area contributed by atoms with E-state index in [1.807, 2.05) is 36.2 Å². The van der Waals surface area contributed by atoms with Gasteiger partial charge >= 0.3 is 0 Å². The summed E-state index contributed by atoms with van der Waals surface area (Å²) in [5.74, 6) is -0.279. The average Bonchev–Trinajstić information content (AvgIpc) is 2.42. The molecule has 0 spiro atoms. The molecule has 0 aliphatic rings. The van der Waals surface area contributed by atoms with E-state index < -0.39 is 0 Å². The van der Waals surface area contributed by atoms with E-state index in [4.69, 9.17) is 17.3 Å². The molecule has 20 heavy (non-hydrogen) atoms. The van der Waals surface area contributed by atoms with E-state index >= 15 is 0 Å². The van der Waals surface area contributed by atoms with Crippen LogP contribution in [0.25, 0.3) is 0 Å². The highest BCUT2D eigenvalue weighted by Crippen LogP contribution is 2.32. The topological polar surface area (TPSA) is 29.3 Å². The van der Waals surface area contributed by atoms with Gasteiger partial charge in [-0.2, -0.15) is 0 Å². The highest BCUT2D eigenvalue weighted by atomic mass is 35.5. The molecule has 1 atom stereocenters. The van der Waals surface area contributed by atoms with Gasteiger partial charge in [-0.1, -0.05) is 23.7 Å². The third-order valence-corrected chi connectivity index (χ3v) is 3.87. The molecule has 2 rings (SSSR count). The molecule has 1 unspecified atom stereocenters. The number of anilines is 2. The van der Waals surface area contributed by atoms with Crippen LogP contribution >= 0.6 is 11.6 Å². The van der Waals surface area contributed by atoms with Crippen LogP contribution in [0, 0.1) is 12.7 Å². The van der Waals surface area contributed by atoms with Gasteiger partial charge in [0.2, 0.25) is 0 Å². The Labute approximate surface area is 124 Å². The van der Waals surface area contributed by atoms with E-state index in [9.17, 15) is 4.39 Å². The second kappa shape index (κ2) is 5.71. The fourth-order valence-electron chi connectivity index (χ4n) is 2.16. The molecular formula is C16H18ClFN2. The van der Waals surface area contributed by atoms with Gasteiger partial charge in [-0.15, -0.1) is 0 Å². The third kappa shape index (κ3) is 2.88. The van der Waals surface area contributed by atoms with E-state index in [1.165, 1.54) is 6.07 Å². The summed E-state index contributed by atoms with van der Waals surface area (Å²) in [6.07, 6.45) is 0. The van der Waals surface area contributed by atoms with Gasteiger partial charge in [-0.3, -0.25) is 0 Å². The SMILES string of the molecule is Cc1cc(N(C)C(C)c2ccc(Cl)cc2)c(N)cc1F. The summed E-state index contributed by atoms with van der Waals surface area (Å²) < 4.78 is 13.5.